The first-order valence-electron chi connectivity index (χ1n) is 19.5. The molecular formula is C49H45N6O2+. The van der Waals surface area contributed by atoms with E-state index in [1.807, 2.05) is 110 Å². The van der Waals surface area contributed by atoms with Crippen molar-refractivity contribution in [3.8, 4) is 22.5 Å². The maximum atomic E-state index is 13.8. The van der Waals surface area contributed by atoms with Gasteiger partial charge in [-0.3, -0.25) is 0 Å². The van der Waals surface area contributed by atoms with Gasteiger partial charge in [-0.15, -0.1) is 15.0 Å². The van der Waals surface area contributed by atoms with Crippen molar-refractivity contribution in [3.05, 3.63) is 209 Å². The van der Waals surface area contributed by atoms with E-state index in [2.05, 4.69) is 80.7 Å². The molecule has 2 heterocycles. The van der Waals surface area contributed by atoms with Gasteiger partial charge in [0.15, 0.2) is 16.8 Å². The van der Waals surface area contributed by atoms with E-state index in [9.17, 15) is 4.79 Å². The highest BCUT2D eigenvalue weighted by Crippen LogP contribution is 2.41. The van der Waals surface area contributed by atoms with Crippen molar-refractivity contribution >= 4 is 11.7 Å². The standard InChI is InChI=1S/C49H45N6O2/c1-4-34-55(3)44(35-36-20-10-6-11-21-36)45(48(56)57-5-2)46(52-55)38-32-30-37(31-33-38)42-28-18-19-29-43(42)47-50-53-54(51-47)49(39-22-12-7-13-23-39,40-24-14-8-15-25-40)41-26-16-9-17-27-41/h6-33H,4-5,34-35H2,1-3H3/q+1. The van der Waals surface area contributed by atoms with Gasteiger partial charge in [0.05, 0.1) is 20.1 Å². The van der Waals surface area contributed by atoms with Crippen LogP contribution in [0.1, 0.15) is 48.1 Å². The van der Waals surface area contributed by atoms with Crippen LogP contribution in [0.2, 0.25) is 0 Å². The summed E-state index contributed by atoms with van der Waals surface area (Å²) in [6.45, 7) is 5.02. The number of carbonyl (C=O) groups is 1. The topological polar surface area (TPSA) is 82.3 Å². The fraction of sp³-hybridized carbons (Fsp3) is 0.163. The molecule has 1 aliphatic heterocycles. The summed E-state index contributed by atoms with van der Waals surface area (Å²) in [5.74, 6) is 0.161. The monoisotopic (exact) mass is 749 g/mol. The summed E-state index contributed by atoms with van der Waals surface area (Å²) >= 11 is 0. The molecule has 7 aromatic rings. The van der Waals surface area contributed by atoms with Crippen molar-refractivity contribution < 1.29 is 14.1 Å². The zero-order chi connectivity index (χ0) is 39.2. The van der Waals surface area contributed by atoms with E-state index in [1.54, 1.807) is 4.80 Å². The van der Waals surface area contributed by atoms with Gasteiger partial charge in [-0.2, -0.15) is 4.59 Å². The first-order chi connectivity index (χ1) is 28.0. The Morgan fingerprint density at radius 2 is 1.16 bits per heavy atom. The Kier molecular flexibility index (Phi) is 10.5. The van der Waals surface area contributed by atoms with Crippen molar-refractivity contribution in [2.75, 3.05) is 20.2 Å². The summed E-state index contributed by atoms with van der Waals surface area (Å²) in [4.78, 5) is 15.5. The molecule has 0 saturated heterocycles. The molecule has 0 aliphatic carbocycles. The molecule has 8 nitrogen and oxygen atoms in total. The van der Waals surface area contributed by atoms with Crippen LogP contribution in [0.3, 0.4) is 0 Å². The SMILES string of the molecule is CCC[N+]1(C)N=C(c2ccc(-c3ccccc3-c3nnn(C(c4ccccc4)(c4ccccc4)c4ccccc4)n3)cc2)C(C(=O)OCC)=C1Cc1ccccc1. The number of benzene rings is 6. The molecule has 0 bridgehead atoms. The van der Waals surface area contributed by atoms with Crippen molar-refractivity contribution in [2.45, 2.75) is 32.2 Å². The van der Waals surface area contributed by atoms with Gasteiger partial charge in [0, 0.05) is 11.1 Å². The number of allylic oxidation sites excluding steroid dienone is 1. The predicted octanol–water partition coefficient (Wildman–Crippen LogP) is 9.48. The van der Waals surface area contributed by atoms with Crippen molar-refractivity contribution in [1.82, 2.24) is 20.2 Å². The molecule has 0 amide bonds. The summed E-state index contributed by atoms with van der Waals surface area (Å²) < 4.78 is 5.98. The molecule has 0 radical (unpaired) electrons. The number of hydrogen-bond donors (Lipinski definition) is 0. The van der Waals surface area contributed by atoms with E-state index in [1.165, 1.54) is 0 Å². The molecule has 57 heavy (non-hydrogen) atoms. The largest absolute Gasteiger partial charge is 0.462 e. The molecule has 0 spiro atoms. The van der Waals surface area contributed by atoms with Gasteiger partial charge < -0.3 is 4.74 Å². The quantitative estimate of drug-likeness (QED) is 0.0667. The van der Waals surface area contributed by atoms with Crippen molar-refractivity contribution in [1.29, 1.82) is 0 Å². The van der Waals surface area contributed by atoms with E-state index < -0.39 is 5.54 Å². The lowest BCUT2D eigenvalue weighted by atomic mass is 9.77. The summed E-state index contributed by atoms with van der Waals surface area (Å²) in [7, 11) is 2.08. The average molecular weight is 750 g/mol. The van der Waals surface area contributed by atoms with Gasteiger partial charge in [-0.25, -0.2) is 4.79 Å². The first-order valence-corrected chi connectivity index (χ1v) is 19.5. The van der Waals surface area contributed by atoms with E-state index in [4.69, 9.17) is 25.2 Å². The smallest absolute Gasteiger partial charge is 0.346 e. The molecule has 0 fully saturated rings. The van der Waals surface area contributed by atoms with Crippen molar-refractivity contribution in [2.24, 2.45) is 5.10 Å². The Balaban J connectivity index is 1.20. The highest BCUT2D eigenvalue weighted by molar-refractivity contribution is 6.27. The van der Waals surface area contributed by atoms with Crippen LogP contribution in [0, 0.1) is 0 Å². The Bertz CT molecular complexity index is 2440. The van der Waals surface area contributed by atoms with E-state index in [-0.39, 0.29) is 12.6 Å². The van der Waals surface area contributed by atoms with Gasteiger partial charge in [0.25, 0.3) is 0 Å². The number of rotatable bonds is 13. The number of esters is 1. The molecule has 8 rings (SSSR count). The van der Waals surface area contributed by atoms with Gasteiger partial charge in [-0.05, 0) is 51.9 Å². The van der Waals surface area contributed by atoms with Gasteiger partial charge in [0.1, 0.15) is 12.3 Å². The summed E-state index contributed by atoms with van der Waals surface area (Å²) in [5, 5.41) is 20.0. The number of quaternary nitrogens is 1. The molecular weight excluding hydrogens is 705 g/mol. The molecule has 1 aliphatic rings. The Morgan fingerprint density at radius 1 is 0.649 bits per heavy atom. The van der Waals surface area contributed by atoms with E-state index in [0.717, 1.165) is 63.2 Å². The molecule has 1 atom stereocenters. The molecule has 6 aromatic carbocycles. The van der Waals surface area contributed by atoms with Crippen LogP contribution >= 0.6 is 0 Å². The minimum Gasteiger partial charge on any atom is -0.462 e. The van der Waals surface area contributed by atoms with E-state index in [0.29, 0.717) is 28.1 Å². The van der Waals surface area contributed by atoms with Crippen LogP contribution < -0.4 is 0 Å². The first kappa shape index (κ1) is 37.2. The van der Waals surface area contributed by atoms with Gasteiger partial charge >= 0.3 is 5.97 Å². The molecule has 1 unspecified atom stereocenters. The highest BCUT2D eigenvalue weighted by Gasteiger charge is 2.44. The van der Waals surface area contributed by atoms with Crippen LogP contribution in [0.15, 0.2) is 186 Å². The van der Waals surface area contributed by atoms with Crippen LogP contribution in [0.25, 0.3) is 22.5 Å². The van der Waals surface area contributed by atoms with Crippen molar-refractivity contribution in [3.63, 3.8) is 0 Å². The maximum absolute atomic E-state index is 13.8. The van der Waals surface area contributed by atoms with Crippen LogP contribution in [-0.4, -0.2) is 56.7 Å². The second-order valence-electron chi connectivity index (χ2n) is 14.4. The highest BCUT2D eigenvalue weighted by atomic mass is 16.5. The molecule has 0 saturated carbocycles. The summed E-state index contributed by atoms with van der Waals surface area (Å²) in [6, 6.07) is 57.6. The lowest BCUT2D eigenvalue weighted by Gasteiger charge is -2.34. The lowest BCUT2D eigenvalue weighted by molar-refractivity contribution is -0.878. The minimum atomic E-state index is -0.887. The average Bonchev–Trinajstić information content (AvgIpc) is 3.86. The number of nitrogens with zero attached hydrogens (tertiary/aromatic N) is 6. The minimum absolute atomic E-state index is 0.281. The van der Waals surface area contributed by atoms with Crippen LogP contribution in [-0.2, 0) is 21.5 Å². The molecule has 282 valence electrons. The Hall–Kier alpha value is -6.77. The lowest BCUT2D eigenvalue weighted by Crippen LogP contribution is -2.39. The number of carbonyl (C=O) groups excluding carboxylic acids is 1. The maximum Gasteiger partial charge on any atom is 0.346 e. The summed E-state index contributed by atoms with van der Waals surface area (Å²) in [6.07, 6.45) is 1.50. The number of tetrazole rings is 1. The number of ether oxygens (including phenoxy) is 1. The van der Waals surface area contributed by atoms with Crippen LogP contribution in [0.4, 0.5) is 0 Å². The molecule has 1 aromatic heterocycles. The van der Waals surface area contributed by atoms with Gasteiger partial charge in [0.2, 0.25) is 5.82 Å². The molecule has 0 N–H and O–H groups in total. The second kappa shape index (κ2) is 16.1. The third kappa shape index (κ3) is 7.00. The predicted molar refractivity (Wildman–Crippen MR) is 225 cm³/mol. The van der Waals surface area contributed by atoms with E-state index >= 15 is 0 Å². The summed E-state index contributed by atoms with van der Waals surface area (Å²) in [5.41, 5.74) is 9.05. The molecule has 8 heteroatoms. The third-order valence-corrected chi connectivity index (χ3v) is 10.7. The zero-order valence-electron chi connectivity index (χ0n) is 32.5. The second-order valence-corrected chi connectivity index (χ2v) is 14.4. The fourth-order valence-electron chi connectivity index (χ4n) is 8.08. The fourth-order valence-corrected chi connectivity index (χ4v) is 8.08. The zero-order valence-corrected chi connectivity index (χ0v) is 32.5. The Labute approximate surface area is 334 Å². The number of hydrogen-bond acceptors (Lipinski definition) is 6. The number of likely N-dealkylation sites (N-methyl/N-ethyl adjacent to an activating group) is 1. The van der Waals surface area contributed by atoms with Gasteiger partial charge in [-0.1, -0.05) is 182 Å². The Morgan fingerprint density at radius 3 is 1.70 bits per heavy atom. The normalized spacial score (nSPS) is 15.4. The van der Waals surface area contributed by atoms with Crippen LogP contribution in [0.5, 0.6) is 0 Å². The number of aromatic nitrogens is 4. The third-order valence-electron chi connectivity index (χ3n) is 10.7.